The Morgan fingerprint density at radius 3 is 2.20 bits per heavy atom. The first-order valence-corrected chi connectivity index (χ1v) is 7.61. The highest BCUT2D eigenvalue weighted by Crippen LogP contribution is 2.92. The maximum Gasteiger partial charge on any atom is 0.419 e. The Kier molecular flexibility index (Phi) is 1.80. The second-order valence-electron chi connectivity index (χ2n) is 7.29. The first kappa shape index (κ1) is 11.6. The van der Waals surface area contributed by atoms with Crippen LogP contribution in [0.1, 0.15) is 55.7 Å². The van der Waals surface area contributed by atoms with E-state index in [-0.39, 0.29) is 5.92 Å². The molecule has 2 spiro atoms. The van der Waals surface area contributed by atoms with E-state index in [2.05, 4.69) is 5.10 Å². The molecule has 20 heavy (non-hydrogen) atoms. The van der Waals surface area contributed by atoms with Gasteiger partial charge in [-0.3, -0.25) is 4.68 Å². The molecular formula is C15H17F3N2. The molecule has 1 aromatic rings. The Bertz CT molecular complexity index is 571. The average Bonchev–Trinajstić information content (AvgIpc) is 3.19. The van der Waals surface area contributed by atoms with E-state index in [1.165, 1.54) is 31.9 Å². The zero-order chi connectivity index (χ0) is 13.8. The highest BCUT2D eigenvalue weighted by molar-refractivity contribution is 5.34. The van der Waals surface area contributed by atoms with Gasteiger partial charge in [0.05, 0.1) is 11.3 Å². The van der Waals surface area contributed by atoms with Gasteiger partial charge in [0, 0.05) is 18.7 Å². The maximum atomic E-state index is 13.1. The molecule has 4 fully saturated rings. The molecule has 0 radical (unpaired) electrons. The van der Waals surface area contributed by atoms with Crippen molar-refractivity contribution in [2.75, 3.05) is 0 Å². The molecule has 5 heteroatoms. The molecule has 1 heterocycles. The predicted molar refractivity (Wildman–Crippen MR) is 66.0 cm³/mol. The van der Waals surface area contributed by atoms with Crippen molar-refractivity contribution in [3.05, 3.63) is 17.5 Å². The summed E-state index contributed by atoms with van der Waals surface area (Å²) in [5.41, 5.74) is 0.858. The van der Waals surface area contributed by atoms with Crippen molar-refractivity contribution in [1.29, 1.82) is 0 Å². The van der Waals surface area contributed by atoms with Crippen molar-refractivity contribution < 1.29 is 13.2 Å². The van der Waals surface area contributed by atoms with Crippen LogP contribution in [0.25, 0.3) is 0 Å². The molecule has 108 valence electrons. The molecule has 0 N–H and O–H groups in total. The summed E-state index contributed by atoms with van der Waals surface area (Å²) in [5, 5.41) is 4.30. The average molecular weight is 282 g/mol. The molecule has 4 aliphatic rings. The molecule has 0 unspecified atom stereocenters. The third-order valence-electron chi connectivity index (χ3n) is 6.25. The van der Waals surface area contributed by atoms with Crippen LogP contribution in [0.5, 0.6) is 0 Å². The minimum Gasteiger partial charge on any atom is -0.272 e. The molecular weight excluding hydrogens is 265 g/mol. The second kappa shape index (κ2) is 3.09. The number of rotatable bonds is 3. The van der Waals surface area contributed by atoms with Gasteiger partial charge in [0.1, 0.15) is 0 Å². The molecule has 0 atom stereocenters. The molecule has 0 amide bonds. The lowest BCUT2D eigenvalue weighted by atomic mass is 10.2. The summed E-state index contributed by atoms with van der Waals surface area (Å²) in [6.07, 6.45) is 3.89. The van der Waals surface area contributed by atoms with Gasteiger partial charge in [-0.1, -0.05) is 0 Å². The quantitative estimate of drug-likeness (QED) is 0.820. The molecule has 4 saturated carbocycles. The van der Waals surface area contributed by atoms with E-state index in [1.54, 1.807) is 4.68 Å². The fourth-order valence-electron chi connectivity index (χ4n) is 4.75. The van der Waals surface area contributed by atoms with Crippen molar-refractivity contribution >= 4 is 0 Å². The minimum atomic E-state index is -4.26. The topological polar surface area (TPSA) is 17.8 Å². The standard InChI is InChI=1S/C15H17F3N2/c16-15(17,18)10-7-20(19-12(10)9-1-2-9)8-11-13(3-4-13)14(11)5-6-14/h7,9,11H,1-6,8H2. The largest absolute Gasteiger partial charge is 0.419 e. The van der Waals surface area contributed by atoms with Crippen LogP contribution in [-0.2, 0) is 12.7 Å². The Balaban J connectivity index is 1.44. The summed E-state index contributed by atoms with van der Waals surface area (Å²) in [6, 6.07) is 0. The Morgan fingerprint density at radius 2 is 1.75 bits per heavy atom. The van der Waals surface area contributed by atoms with E-state index in [0.717, 1.165) is 12.8 Å². The first-order valence-electron chi connectivity index (χ1n) is 7.61. The van der Waals surface area contributed by atoms with E-state index in [9.17, 15) is 13.2 Å². The van der Waals surface area contributed by atoms with Crippen LogP contribution in [0.2, 0.25) is 0 Å². The van der Waals surface area contributed by atoms with E-state index in [4.69, 9.17) is 0 Å². The zero-order valence-corrected chi connectivity index (χ0v) is 11.2. The van der Waals surface area contributed by atoms with Crippen LogP contribution >= 0.6 is 0 Å². The van der Waals surface area contributed by atoms with Gasteiger partial charge in [0.2, 0.25) is 0 Å². The summed E-state index contributed by atoms with van der Waals surface area (Å²) in [4.78, 5) is 0. The summed E-state index contributed by atoms with van der Waals surface area (Å²) in [5.74, 6) is 0.653. The lowest BCUT2D eigenvalue weighted by Gasteiger charge is -2.04. The predicted octanol–water partition coefficient (Wildman–Crippen LogP) is 3.97. The lowest BCUT2D eigenvalue weighted by Crippen LogP contribution is -2.06. The fraction of sp³-hybridized carbons (Fsp3) is 0.800. The second-order valence-corrected chi connectivity index (χ2v) is 7.29. The maximum absolute atomic E-state index is 13.1. The van der Waals surface area contributed by atoms with Crippen LogP contribution in [0.3, 0.4) is 0 Å². The van der Waals surface area contributed by atoms with Crippen LogP contribution in [-0.4, -0.2) is 9.78 Å². The molecule has 5 rings (SSSR count). The van der Waals surface area contributed by atoms with Crippen LogP contribution in [0.4, 0.5) is 13.2 Å². The van der Waals surface area contributed by atoms with Crippen LogP contribution in [0.15, 0.2) is 6.20 Å². The highest BCUT2D eigenvalue weighted by atomic mass is 19.4. The molecule has 4 aliphatic carbocycles. The fourth-order valence-corrected chi connectivity index (χ4v) is 4.75. The summed E-state index contributed by atoms with van der Waals surface area (Å²) >= 11 is 0. The first-order chi connectivity index (χ1) is 9.46. The number of halogens is 3. The van der Waals surface area contributed by atoms with Gasteiger partial charge in [-0.15, -0.1) is 0 Å². The van der Waals surface area contributed by atoms with Gasteiger partial charge >= 0.3 is 6.18 Å². The van der Waals surface area contributed by atoms with Gasteiger partial charge in [-0.25, -0.2) is 0 Å². The number of hydrogen-bond donors (Lipinski definition) is 0. The van der Waals surface area contributed by atoms with E-state index in [1.807, 2.05) is 0 Å². The van der Waals surface area contributed by atoms with Gasteiger partial charge < -0.3 is 0 Å². The van der Waals surface area contributed by atoms with Crippen molar-refractivity contribution in [3.63, 3.8) is 0 Å². The third-order valence-corrected chi connectivity index (χ3v) is 6.25. The summed E-state index contributed by atoms with van der Waals surface area (Å²) in [6.45, 7) is 0.704. The van der Waals surface area contributed by atoms with Crippen molar-refractivity contribution in [3.8, 4) is 0 Å². The van der Waals surface area contributed by atoms with Crippen LogP contribution < -0.4 is 0 Å². The molecule has 0 bridgehead atoms. The smallest absolute Gasteiger partial charge is 0.272 e. The van der Waals surface area contributed by atoms with Gasteiger partial charge in [0.15, 0.2) is 0 Å². The molecule has 1 aromatic heterocycles. The summed E-state index contributed by atoms with van der Waals surface area (Å²) < 4.78 is 40.8. The van der Waals surface area contributed by atoms with Crippen LogP contribution in [0, 0.1) is 16.7 Å². The lowest BCUT2D eigenvalue weighted by molar-refractivity contribution is -0.138. The van der Waals surface area contributed by atoms with Crippen molar-refractivity contribution in [2.24, 2.45) is 16.7 Å². The number of aromatic nitrogens is 2. The Labute approximate surface area is 115 Å². The Hall–Kier alpha value is -1.00. The molecule has 0 aromatic carbocycles. The van der Waals surface area contributed by atoms with Gasteiger partial charge in [-0.05, 0) is 55.3 Å². The number of fused-ring (bicyclic) bond motifs is 1. The molecule has 2 nitrogen and oxygen atoms in total. The van der Waals surface area contributed by atoms with E-state index >= 15 is 0 Å². The van der Waals surface area contributed by atoms with Gasteiger partial charge in [0.25, 0.3) is 0 Å². The number of hydrogen-bond acceptors (Lipinski definition) is 1. The van der Waals surface area contributed by atoms with Crippen molar-refractivity contribution in [1.82, 2.24) is 9.78 Å². The number of nitrogens with zero attached hydrogens (tertiary/aromatic N) is 2. The van der Waals surface area contributed by atoms with Crippen molar-refractivity contribution in [2.45, 2.75) is 57.2 Å². The minimum absolute atomic E-state index is 0.0526. The molecule has 0 aliphatic heterocycles. The third kappa shape index (κ3) is 1.34. The zero-order valence-electron chi connectivity index (χ0n) is 11.2. The SMILES string of the molecule is FC(F)(F)c1cn(CC2C3(CC3)C23CC3)nc1C1CC1. The van der Waals surface area contributed by atoms with Gasteiger partial charge in [-0.2, -0.15) is 18.3 Å². The van der Waals surface area contributed by atoms with E-state index < -0.39 is 11.7 Å². The highest BCUT2D eigenvalue weighted by Gasteiger charge is 2.86. The van der Waals surface area contributed by atoms with E-state index in [0.29, 0.717) is 29.0 Å². The Morgan fingerprint density at radius 1 is 1.15 bits per heavy atom. The monoisotopic (exact) mass is 282 g/mol. The molecule has 0 saturated heterocycles. The number of alkyl halides is 3. The summed E-state index contributed by atoms with van der Waals surface area (Å²) in [7, 11) is 0. The normalized spacial score (nSPS) is 29.1.